The second-order valence-electron chi connectivity index (χ2n) is 3.45. The van der Waals surface area contributed by atoms with E-state index in [4.69, 9.17) is 9.47 Å². The molecule has 0 spiro atoms. The Morgan fingerprint density at radius 2 is 1.89 bits per heavy atom. The van der Waals surface area contributed by atoms with Crippen molar-refractivity contribution in [1.29, 1.82) is 0 Å². The van der Waals surface area contributed by atoms with Gasteiger partial charge in [0.15, 0.2) is 5.82 Å². The largest absolute Gasteiger partial charge is 0.497 e. The molecule has 1 aromatic carbocycles. The molecule has 0 aliphatic rings. The molecule has 0 saturated heterocycles. The Morgan fingerprint density at radius 3 is 2.56 bits per heavy atom. The molecule has 0 fully saturated rings. The first-order valence-electron chi connectivity index (χ1n) is 5.39. The van der Waals surface area contributed by atoms with Gasteiger partial charge in [0.2, 0.25) is 5.95 Å². The van der Waals surface area contributed by atoms with Gasteiger partial charge in [-0.05, 0) is 12.1 Å². The normalized spacial score (nSPS) is 9.94. The minimum Gasteiger partial charge on any atom is -0.497 e. The molecule has 1 N–H and O–H groups in total. The van der Waals surface area contributed by atoms with Crippen LogP contribution < -0.4 is 14.8 Å². The molecule has 0 radical (unpaired) electrons. The molecule has 6 nitrogen and oxygen atoms in total. The maximum Gasteiger partial charge on any atom is 0.321 e. The number of hydrogen-bond acceptors (Lipinski definition) is 6. The van der Waals surface area contributed by atoms with Gasteiger partial charge in [0.1, 0.15) is 5.75 Å². The minimum atomic E-state index is 0.271. The molecule has 0 aliphatic carbocycles. The molecule has 1 heterocycles. The molecular formula is C12H14N4O2. The fourth-order valence-corrected chi connectivity index (χ4v) is 1.45. The van der Waals surface area contributed by atoms with E-state index in [0.29, 0.717) is 11.8 Å². The van der Waals surface area contributed by atoms with E-state index in [-0.39, 0.29) is 6.01 Å². The Labute approximate surface area is 105 Å². The third-order valence-electron chi connectivity index (χ3n) is 2.35. The van der Waals surface area contributed by atoms with Crippen molar-refractivity contribution in [3.63, 3.8) is 0 Å². The quantitative estimate of drug-likeness (QED) is 0.883. The van der Waals surface area contributed by atoms with E-state index in [0.717, 1.165) is 11.3 Å². The number of methoxy groups -OCH3 is 2. The zero-order valence-electron chi connectivity index (χ0n) is 10.5. The lowest BCUT2D eigenvalue weighted by molar-refractivity contribution is 0.379. The van der Waals surface area contributed by atoms with Gasteiger partial charge < -0.3 is 14.8 Å². The summed E-state index contributed by atoms with van der Waals surface area (Å²) >= 11 is 0. The van der Waals surface area contributed by atoms with Gasteiger partial charge in [-0.25, -0.2) is 0 Å². The topological polar surface area (TPSA) is 69.2 Å². The van der Waals surface area contributed by atoms with Crippen molar-refractivity contribution in [3.8, 4) is 23.1 Å². The highest BCUT2D eigenvalue weighted by atomic mass is 16.5. The standard InChI is InChI=1S/C12H14N4O2/c1-13-11-14-10(15-12(16-11)18-3)8-5-4-6-9(7-8)17-2/h4-7H,1-3H3,(H,13,14,15,16). The van der Waals surface area contributed by atoms with Crippen molar-refractivity contribution in [1.82, 2.24) is 15.0 Å². The Morgan fingerprint density at radius 1 is 1.06 bits per heavy atom. The number of nitrogens with one attached hydrogen (secondary N) is 1. The van der Waals surface area contributed by atoms with Gasteiger partial charge >= 0.3 is 6.01 Å². The summed E-state index contributed by atoms with van der Waals surface area (Å²) in [6, 6.07) is 7.77. The summed E-state index contributed by atoms with van der Waals surface area (Å²) in [4.78, 5) is 12.5. The molecule has 0 unspecified atom stereocenters. The molecule has 6 heteroatoms. The third-order valence-corrected chi connectivity index (χ3v) is 2.35. The number of rotatable bonds is 4. The highest BCUT2D eigenvalue weighted by molar-refractivity contribution is 5.58. The Hall–Kier alpha value is -2.37. The van der Waals surface area contributed by atoms with Crippen molar-refractivity contribution in [2.45, 2.75) is 0 Å². The SMILES string of the molecule is CNc1nc(OC)nc(-c2cccc(OC)c2)n1. The zero-order chi connectivity index (χ0) is 13.0. The summed E-state index contributed by atoms with van der Waals surface area (Å²) < 4.78 is 10.2. The second-order valence-corrected chi connectivity index (χ2v) is 3.45. The number of benzene rings is 1. The van der Waals surface area contributed by atoms with Crippen LogP contribution in [0.4, 0.5) is 5.95 Å². The van der Waals surface area contributed by atoms with Crippen molar-refractivity contribution >= 4 is 5.95 Å². The lowest BCUT2D eigenvalue weighted by Crippen LogP contribution is -2.03. The van der Waals surface area contributed by atoms with E-state index >= 15 is 0 Å². The highest BCUT2D eigenvalue weighted by Gasteiger charge is 2.08. The minimum absolute atomic E-state index is 0.271. The number of hydrogen-bond donors (Lipinski definition) is 1. The fourth-order valence-electron chi connectivity index (χ4n) is 1.45. The van der Waals surface area contributed by atoms with Crippen molar-refractivity contribution in [3.05, 3.63) is 24.3 Å². The number of anilines is 1. The van der Waals surface area contributed by atoms with Gasteiger partial charge in [-0.2, -0.15) is 15.0 Å². The monoisotopic (exact) mass is 246 g/mol. The first kappa shape index (κ1) is 12.1. The average molecular weight is 246 g/mol. The lowest BCUT2D eigenvalue weighted by Gasteiger charge is -2.06. The molecule has 0 amide bonds. The predicted octanol–water partition coefficient (Wildman–Crippen LogP) is 1.60. The Balaban J connectivity index is 2.48. The Kier molecular flexibility index (Phi) is 3.57. The van der Waals surface area contributed by atoms with Crippen LogP contribution in [0, 0.1) is 0 Å². The summed E-state index contributed by atoms with van der Waals surface area (Å²) in [5.74, 6) is 1.74. The molecule has 0 bridgehead atoms. The van der Waals surface area contributed by atoms with Crippen LogP contribution >= 0.6 is 0 Å². The zero-order valence-corrected chi connectivity index (χ0v) is 10.5. The van der Waals surface area contributed by atoms with Gasteiger partial charge in [-0.15, -0.1) is 0 Å². The molecule has 94 valence electrons. The van der Waals surface area contributed by atoms with Gasteiger partial charge in [0.25, 0.3) is 0 Å². The van der Waals surface area contributed by atoms with Crippen LogP contribution in [0.1, 0.15) is 0 Å². The van der Waals surface area contributed by atoms with E-state index in [1.165, 1.54) is 7.11 Å². The predicted molar refractivity (Wildman–Crippen MR) is 67.9 cm³/mol. The van der Waals surface area contributed by atoms with E-state index < -0.39 is 0 Å². The van der Waals surface area contributed by atoms with Crippen molar-refractivity contribution in [2.75, 3.05) is 26.6 Å². The van der Waals surface area contributed by atoms with Crippen molar-refractivity contribution in [2.24, 2.45) is 0 Å². The van der Waals surface area contributed by atoms with Gasteiger partial charge in [0.05, 0.1) is 14.2 Å². The first-order chi connectivity index (χ1) is 8.76. The fraction of sp³-hybridized carbons (Fsp3) is 0.250. The number of aromatic nitrogens is 3. The molecule has 0 atom stereocenters. The smallest absolute Gasteiger partial charge is 0.321 e. The molecular weight excluding hydrogens is 232 g/mol. The van der Waals surface area contributed by atoms with Crippen LogP contribution in [0.3, 0.4) is 0 Å². The summed E-state index contributed by atoms with van der Waals surface area (Å²) in [6.07, 6.45) is 0. The average Bonchev–Trinajstić information content (AvgIpc) is 2.46. The maximum atomic E-state index is 5.17. The third kappa shape index (κ3) is 2.48. The van der Waals surface area contributed by atoms with Crippen LogP contribution in [-0.4, -0.2) is 36.2 Å². The lowest BCUT2D eigenvalue weighted by atomic mass is 10.2. The van der Waals surface area contributed by atoms with Crippen LogP contribution in [0.15, 0.2) is 24.3 Å². The van der Waals surface area contributed by atoms with Gasteiger partial charge in [0, 0.05) is 12.6 Å². The number of ether oxygens (including phenoxy) is 2. The van der Waals surface area contributed by atoms with E-state index in [1.54, 1.807) is 14.2 Å². The van der Waals surface area contributed by atoms with Crippen LogP contribution in [0.5, 0.6) is 11.8 Å². The highest BCUT2D eigenvalue weighted by Crippen LogP contribution is 2.22. The maximum absolute atomic E-state index is 5.17. The molecule has 2 aromatic rings. The molecule has 2 rings (SSSR count). The Bertz CT molecular complexity index is 523. The van der Waals surface area contributed by atoms with Gasteiger partial charge in [-0.1, -0.05) is 12.1 Å². The van der Waals surface area contributed by atoms with Crippen molar-refractivity contribution < 1.29 is 9.47 Å². The summed E-state index contributed by atoms with van der Waals surface area (Å²) in [6.45, 7) is 0. The summed E-state index contributed by atoms with van der Waals surface area (Å²) in [7, 11) is 4.88. The summed E-state index contributed by atoms with van der Waals surface area (Å²) in [5.41, 5.74) is 0.839. The molecule has 1 aromatic heterocycles. The first-order valence-corrected chi connectivity index (χ1v) is 5.39. The number of nitrogens with zero attached hydrogens (tertiary/aromatic N) is 3. The van der Waals surface area contributed by atoms with Crippen LogP contribution in [0.25, 0.3) is 11.4 Å². The van der Waals surface area contributed by atoms with E-state index in [2.05, 4.69) is 20.3 Å². The molecule has 0 saturated carbocycles. The van der Waals surface area contributed by atoms with Gasteiger partial charge in [-0.3, -0.25) is 0 Å². The van der Waals surface area contributed by atoms with Crippen LogP contribution in [-0.2, 0) is 0 Å². The summed E-state index contributed by atoms with van der Waals surface area (Å²) in [5, 5.41) is 2.87. The van der Waals surface area contributed by atoms with Crippen LogP contribution in [0.2, 0.25) is 0 Å². The second kappa shape index (κ2) is 5.31. The van der Waals surface area contributed by atoms with E-state index in [9.17, 15) is 0 Å². The van der Waals surface area contributed by atoms with E-state index in [1.807, 2.05) is 24.3 Å². The molecule has 0 aliphatic heterocycles. The molecule has 18 heavy (non-hydrogen) atoms.